The van der Waals surface area contributed by atoms with Crippen molar-refractivity contribution < 1.29 is 29.3 Å². The highest BCUT2D eigenvalue weighted by molar-refractivity contribution is 7.80. The van der Waals surface area contributed by atoms with Crippen molar-refractivity contribution in [3.63, 3.8) is 0 Å². The van der Waals surface area contributed by atoms with Gasteiger partial charge in [-0.15, -0.1) is 0 Å². The molecular weight excluding hydrogens is 310 g/mol. The fourth-order valence-electron chi connectivity index (χ4n) is 2.07. The molecule has 2 atom stereocenters. The van der Waals surface area contributed by atoms with Crippen LogP contribution in [0.2, 0.25) is 0 Å². The molecule has 1 aromatic rings. The average molecular weight is 327 g/mol. The van der Waals surface area contributed by atoms with Crippen LogP contribution in [0.15, 0.2) is 18.2 Å². The summed E-state index contributed by atoms with van der Waals surface area (Å²) in [5, 5.41) is 20.1. The number of carboxylic acids is 1. The van der Waals surface area contributed by atoms with Gasteiger partial charge in [-0.05, 0) is 24.1 Å². The third-order valence-electron chi connectivity index (χ3n) is 3.31. The van der Waals surface area contributed by atoms with Crippen LogP contribution in [0.3, 0.4) is 0 Å². The van der Waals surface area contributed by atoms with E-state index in [0.717, 1.165) is 5.56 Å². The number of thiol groups is 1. The van der Waals surface area contributed by atoms with Gasteiger partial charge >= 0.3 is 5.97 Å². The van der Waals surface area contributed by atoms with Crippen molar-refractivity contribution in [2.24, 2.45) is 5.92 Å². The maximum Gasteiger partial charge on any atom is 0.328 e. The lowest BCUT2D eigenvalue weighted by Crippen LogP contribution is -2.46. The largest absolute Gasteiger partial charge is 0.480 e. The van der Waals surface area contributed by atoms with E-state index in [4.69, 9.17) is 19.7 Å². The monoisotopic (exact) mass is 327 g/mol. The highest BCUT2D eigenvalue weighted by Crippen LogP contribution is 2.33. The summed E-state index contributed by atoms with van der Waals surface area (Å²) >= 11 is 4.14. The van der Waals surface area contributed by atoms with Gasteiger partial charge in [0.1, 0.15) is 6.04 Å². The first kappa shape index (κ1) is 16.4. The predicted molar refractivity (Wildman–Crippen MR) is 80.3 cm³/mol. The zero-order valence-corrected chi connectivity index (χ0v) is 12.6. The summed E-state index contributed by atoms with van der Waals surface area (Å²) in [6.45, 7) is -0.490. The Morgan fingerprint density at radius 2 is 2.05 bits per heavy atom. The molecule has 0 saturated carbocycles. The van der Waals surface area contributed by atoms with Crippen LogP contribution >= 0.6 is 12.6 Å². The number of aliphatic hydroxyl groups excluding tert-OH is 1. The lowest BCUT2D eigenvalue weighted by molar-refractivity contribution is -0.143. The molecular formula is C14H17NO6S. The van der Waals surface area contributed by atoms with Crippen LogP contribution in [-0.2, 0) is 16.0 Å². The molecule has 0 aromatic heterocycles. The molecule has 0 saturated heterocycles. The summed E-state index contributed by atoms with van der Waals surface area (Å²) in [6.07, 6.45) is 0.379. The van der Waals surface area contributed by atoms with Crippen LogP contribution in [0.25, 0.3) is 0 Å². The number of aliphatic hydroxyl groups is 1. The molecule has 0 bridgehead atoms. The topological polar surface area (TPSA) is 105 Å². The zero-order valence-electron chi connectivity index (χ0n) is 11.7. The smallest absolute Gasteiger partial charge is 0.328 e. The van der Waals surface area contributed by atoms with E-state index in [1.54, 1.807) is 12.1 Å². The summed E-state index contributed by atoms with van der Waals surface area (Å²) in [6, 6.07) is 4.05. The Morgan fingerprint density at radius 3 is 2.68 bits per heavy atom. The Labute approximate surface area is 132 Å². The van der Waals surface area contributed by atoms with Crippen LogP contribution in [0, 0.1) is 5.92 Å². The number of carboxylic acid groups (broad SMARTS) is 1. The average Bonchev–Trinajstić information content (AvgIpc) is 2.97. The van der Waals surface area contributed by atoms with Crippen molar-refractivity contribution >= 4 is 24.5 Å². The van der Waals surface area contributed by atoms with Crippen molar-refractivity contribution in [2.75, 3.05) is 19.2 Å². The number of hydrogen-bond acceptors (Lipinski definition) is 6. The van der Waals surface area contributed by atoms with Crippen molar-refractivity contribution in [1.29, 1.82) is 0 Å². The fourth-order valence-corrected chi connectivity index (χ4v) is 2.36. The molecule has 22 heavy (non-hydrogen) atoms. The van der Waals surface area contributed by atoms with E-state index < -0.39 is 30.4 Å². The molecule has 0 aliphatic carbocycles. The van der Waals surface area contributed by atoms with Gasteiger partial charge in [0.25, 0.3) is 0 Å². The number of carbonyl (C=O) groups is 2. The normalized spacial score (nSPS) is 15.2. The van der Waals surface area contributed by atoms with Gasteiger partial charge in [-0.2, -0.15) is 12.6 Å². The van der Waals surface area contributed by atoms with Crippen molar-refractivity contribution in [3.8, 4) is 11.5 Å². The molecule has 2 rings (SSSR count). The van der Waals surface area contributed by atoms with Crippen LogP contribution in [0.4, 0.5) is 0 Å². The Bertz CT molecular complexity index is 564. The Kier molecular flexibility index (Phi) is 5.51. The minimum Gasteiger partial charge on any atom is -0.480 e. The summed E-state index contributed by atoms with van der Waals surface area (Å²) in [4.78, 5) is 22.9. The second kappa shape index (κ2) is 7.37. The number of fused-ring (bicyclic) bond motifs is 1. The Morgan fingerprint density at radius 1 is 1.32 bits per heavy atom. The van der Waals surface area contributed by atoms with Crippen LogP contribution in [-0.4, -0.2) is 47.3 Å². The number of hydrogen-bond donors (Lipinski definition) is 4. The second-order valence-corrected chi connectivity index (χ2v) is 5.22. The van der Waals surface area contributed by atoms with Gasteiger partial charge in [-0.3, -0.25) is 4.79 Å². The van der Waals surface area contributed by atoms with E-state index in [1.165, 1.54) is 0 Å². The summed E-state index contributed by atoms with van der Waals surface area (Å²) in [5.41, 5.74) is 0.856. The van der Waals surface area contributed by atoms with Gasteiger partial charge in [0, 0.05) is 5.75 Å². The molecule has 1 heterocycles. The third kappa shape index (κ3) is 3.83. The maximum atomic E-state index is 12.1. The number of nitrogens with one attached hydrogen (secondary N) is 1. The van der Waals surface area contributed by atoms with Crippen molar-refractivity contribution in [2.45, 2.75) is 12.5 Å². The number of ether oxygens (including phenoxy) is 2. The highest BCUT2D eigenvalue weighted by Gasteiger charge is 2.25. The standard InChI is InChI=1S/C14H17NO6S/c16-5-10(14(18)19)15-13(17)9(6-22)3-8-1-2-11-12(4-8)21-7-20-11/h1-2,4,9-10,16,22H,3,5-7H2,(H,15,17)(H,18,19)/t9-,10+/m1/s1. The Hall–Kier alpha value is -1.93. The predicted octanol–water partition coefficient (Wildman–Crippen LogP) is 0.0655. The minimum absolute atomic E-state index is 0.173. The molecule has 0 fully saturated rings. The molecule has 3 N–H and O–H groups in total. The first-order valence-electron chi connectivity index (χ1n) is 6.68. The number of carbonyl (C=O) groups excluding carboxylic acids is 1. The molecule has 8 heteroatoms. The first-order valence-corrected chi connectivity index (χ1v) is 7.31. The van der Waals surface area contributed by atoms with E-state index >= 15 is 0 Å². The first-order chi connectivity index (χ1) is 10.5. The number of aliphatic carboxylic acids is 1. The number of amides is 1. The molecule has 1 aromatic carbocycles. The second-order valence-electron chi connectivity index (χ2n) is 4.85. The Balaban J connectivity index is 2.02. The van der Waals surface area contributed by atoms with E-state index in [-0.39, 0.29) is 12.5 Å². The van der Waals surface area contributed by atoms with Crippen LogP contribution in [0.1, 0.15) is 5.56 Å². The summed E-state index contributed by atoms with van der Waals surface area (Å²) in [7, 11) is 0. The molecule has 1 aliphatic heterocycles. The van der Waals surface area contributed by atoms with Gasteiger partial charge in [-0.1, -0.05) is 6.07 Å². The van der Waals surface area contributed by atoms with Gasteiger partial charge in [-0.25, -0.2) is 4.79 Å². The van der Waals surface area contributed by atoms with Gasteiger partial charge in [0.15, 0.2) is 11.5 Å². The summed E-state index contributed by atoms with van der Waals surface area (Å²) in [5.74, 6) is -0.739. The van der Waals surface area contributed by atoms with Gasteiger partial charge in [0.2, 0.25) is 12.7 Å². The number of rotatable bonds is 7. The fraction of sp³-hybridized carbons (Fsp3) is 0.429. The molecule has 120 valence electrons. The minimum atomic E-state index is -1.31. The quantitative estimate of drug-likeness (QED) is 0.528. The van der Waals surface area contributed by atoms with E-state index in [1.807, 2.05) is 6.07 Å². The van der Waals surface area contributed by atoms with E-state index in [0.29, 0.717) is 17.9 Å². The molecule has 7 nitrogen and oxygen atoms in total. The van der Waals surface area contributed by atoms with Gasteiger partial charge < -0.3 is 25.0 Å². The van der Waals surface area contributed by atoms with Crippen molar-refractivity contribution in [3.05, 3.63) is 23.8 Å². The molecule has 1 aliphatic rings. The third-order valence-corrected chi connectivity index (χ3v) is 3.75. The lowest BCUT2D eigenvalue weighted by Gasteiger charge is -2.18. The SMILES string of the molecule is O=C(N[C@@H](CO)C(=O)O)[C@@H](CS)Cc1ccc2c(c1)OCO2. The summed E-state index contributed by atoms with van der Waals surface area (Å²) < 4.78 is 10.5. The van der Waals surface area contributed by atoms with E-state index in [2.05, 4.69) is 17.9 Å². The zero-order chi connectivity index (χ0) is 16.1. The molecule has 0 unspecified atom stereocenters. The van der Waals surface area contributed by atoms with E-state index in [9.17, 15) is 9.59 Å². The molecule has 1 amide bonds. The lowest BCUT2D eigenvalue weighted by atomic mass is 9.99. The molecule has 0 spiro atoms. The van der Waals surface area contributed by atoms with Crippen LogP contribution < -0.4 is 14.8 Å². The maximum absolute atomic E-state index is 12.1. The number of benzene rings is 1. The van der Waals surface area contributed by atoms with Crippen LogP contribution in [0.5, 0.6) is 11.5 Å². The van der Waals surface area contributed by atoms with Crippen molar-refractivity contribution in [1.82, 2.24) is 5.32 Å². The van der Waals surface area contributed by atoms with Gasteiger partial charge in [0.05, 0.1) is 12.5 Å². The molecule has 0 radical (unpaired) electrons. The highest BCUT2D eigenvalue weighted by atomic mass is 32.1.